The third kappa shape index (κ3) is 4.25. The van der Waals surface area contributed by atoms with Crippen LogP contribution in [0.2, 0.25) is 0 Å². The van der Waals surface area contributed by atoms with Crippen molar-refractivity contribution in [2.24, 2.45) is 5.92 Å². The number of carbonyl (C=O) groups is 1. The number of aryl methyl sites for hydroxylation is 1. The minimum atomic E-state index is -0.887. The van der Waals surface area contributed by atoms with Gasteiger partial charge < -0.3 is 15.3 Å². The Hall–Kier alpha value is -1.55. The molecule has 0 spiro atoms. The van der Waals surface area contributed by atoms with Gasteiger partial charge in [-0.3, -0.25) is 4.79 Å². The van der Waals surface area contributed by atoms with Crippen LogP contribution in [0.25, 0.3) is 0 Å². The first-order chi connectivity index (χ1) is 10.8. The summed E-state index contributed by atoms with van der Waals surface area (Å²) in [7, 11) is 0. The third-order valence-corrected chi connectivity index (χ3v) is 5.12. The molecule has 0 radical (unpaired) electrons. The standard InChI is InChI=1S/C19H30N2O2/c1-5-15(3)19(4,23)13-20-18(22)16-12-14(2)8-9-17(16)21-10-6-7-11-21/h8-9,12,15,23H,5-7,10-11,13H2,1-4H3,(H,20,22). The van der Waals surface area contributed by atoms with E-state index >= 15 is 0 Å². The summed E-state index contributed by atoms with van der Waals surface area (Å²) in [5.41, 5.74) is 1.91. The van der Waals surface area contributed by atoms with Crippen molar-refractivity contribution in [2.45, 2.75) is 52.6 Å². The number of anilines is 1. The van der Waals surface area contributed by atoms with Crippen molar-refractivity contribution < 1.29 is 9.90 Å². The van der Waals surface area contributed by atoms with Crippen LogP contribution in [-0.4, -0.2) is 36.2 Å². The highest BCUT2D eigenvalue weighted by molar-refractivity contribution is 6.00. The normalized spacial score (nSPS) is 18.6. The zero-order valence-electron chi connectivity index (χ0n) is 14.9. The van der Waals surface area contributed by atoms with E-state index in [1.807, 2.05) is 32.9 Å². The number of carbonyl (C=O) groups excluding carboxylic acids is 1. The van der Waals surface area contributed by atoms with E-state index in [1.54, 1.807) is 6.92 Å². The van der Waals surface area contributed by atoms with E-state index in [2.05, 4.69) is 16.3 Å². The van der Waals surface area contributed by atoms with E-state index in [4.69, 9.17) is 0 Å². The van der Waals surface area contributed by atoms with Gasteiger partial charge in [-0.2, -0.15) is 0 Å². The number of aliphatic hydroxyl groups is 1. The molecule has 0 saturated carbocycles. The molecule has 2 atom stereocenters. The lowest BCUT2D eigenvalue weighted by molar-refractivity contribution is 0.00593. The van der Waals surface area contributed by atoms with Crippen LogP contribution in [0.4, 0.5) is 5.69 Å². The quantitative estimate of drug-likeness (QED) is 0.847. The Kier molecular flexibility index (Phi) is 5.69. The smallest absolute Gasteiger partial charge is 0.253 e. The van der Waals surface area contributed by atoms with Crippen molar-refractivity contribution in [2.75, 3.05) is 24.5 Å². The molecular weight excluding hydrogens is 288 g/mol. The highest BCUT2D eigenvalue weighted by Crippen LogP contribution is 2.26. The van der Waals surface area contributed by atoms with E-state index in [-0.39, 0.29) is 18.4 Å². The molecule has 0 bridgehead atoms. The Morgan fingerprint density at radius 1 is 1.39 bits per heavy atom. The molecular formula is C19H30N2O2. The summed E-state index contributed by atoms with van der Waals surface area (Å²) in [6.45, 7) is 10.1. The average Bonchev–Trinajstić information content (AvgIpc) is 3.05. The lowest BCUT2D eigenvalue weighted by Gasteiger charge is -2.30. The molecule has 4 nitrogen and oxygen atoms in total. The second-order valence-electron chi connectivity index (χ2n) is 7.06. The summed E-state index contributed by atoms with van der Waals surface area (Å²) < 4.78 is 0. The molecule has 1 aromatic rings. The lowest BCUT2D eigenvalue weighted by atomic mass is 9.88. The van der Waals surface area contributed by atoms with Crippen LogP contribution in [0.15, 0.2) is 18.2 Å². The molecule has 4 heteroatoms. The maximum absolute atomic E-state index is 12.7. The largest absolute Gasteiger partial charge is 0.388 e. The number of amides is 1. The fraction of sp³-hybridized carbons (Fsp3) is 0.632. The van der Waals surface area contributed by atoms with Crippen LogP contribution < -0.4 is 10.2 Å². The number of hydrogen-bond donors (Lipinski definition) is 2. The van der Waals surface area contributed by atoms with Gasteiger partial charge in [-0.15, -0.1) is 0 Å². The second-order valence-corrected chi connectivity index (χ2v) is 7.06. The first kappa shape index (κ1) is 17.8. The maximum Gasteiger partial charge on any atom is 0.253 e. The van der Waals surface area contributed by atoms with Crippen molar-refractivity contribution in [3.05, 3.63) is 29.3 Å². The summed E-state index contributed by atoms with van der Waals surface area (Å²) in [6.07, 6.45) is 3.24. The molecule has 1 heterocycles. The van der Waals surface area contributed by atoms with Crippen molar-refractivity contribution in [1.29, 1.82) is 0 Å². The van der Waals surface area contributed by atoms with Crippen LogP contribution in [0.1, 0.15) is 56.0 Å². The lowest BCUT2D eigenvalue weighted by Crippen LogP contribution is -2.45. The number of hydrogen-bond acceptors (Lipinski definition) is 3. The van der Waals surface area contributed by atoms with Crippen molar-refractivity contribution in [1.82, 2.24) is 5.32 Å². The summed E-state index contributed by atoms with van der Waals surface area (Å²) in [5.74, 6) is 0.0394. The van der Waals surface area contributed by atoms with Crippen molar-refractivity contribution in [3.8, 4) is 0 Å². The van der Waals surface area contributed by atoms with E-state index < -0.39 is 5.60 Å². The van der Waals surface area contributed by atoms with Gasteiger partial charge >= 0.3 is 0 Å². The van der Waals surface area contributed by atoms with Gasteiger partial charge in [0.15, 0.2) is 0 Å². The van der Waals surface area contributed by atoms with Crippen LogP contribution in [0, 0.1) is 12.8 Å². The Morgan fingerprint density at radius 2 is 2.04 bits per heavy atom. The number of rotatable bonds is 6. The van der Waals surface area contributed by atoms with Gasteiger partial charge in [0.05, 0.1) is 11.2 Å². The molecule has 23 heavy (non-hydrogen) atoms. The molecule has 1 aliphatic rings. The van der Waals surface area contributed by atoms with Gasteiger partial charge in [-0.1, -0.05) is 31.9 Å². The molecule has 0 aliphatic carbocycles. The molecule has 1 fully saturated rings. The molecule has 1 aromatic carbocycles. The van der Waals surface area contributed by atoms with Gasteiger partial charge in [0.25, 0.3) is 5.91 Å². The van der Waals surface area contributed by atoms with Gasteiger partial charge in [0, 0.05) is 25.3 Å². The zero-order chi connectivity index (χ0) is 17.0. The summed E-state index contributed by atoms with van der Waals surface area (Å²) in [6, 6.07) is 6.04. The molecule has 2 unspecified atom stereocenters. The second kappa shape index (κ2) is 7.35. The van der Waals surface area contributed by atoms with Crippen molar-refractivity contribution in [3.63, 3.8) is 0 Å². The monoisotopic (exact) mass is 318 g/mol. The number of nitrogens with zero attached hydrogens (tertiary/aromatic N) is 1. The predicted molar refractivity (Wildman–Crippen MR) is 95.0 cm³/mol. The van der Waals surface area contributed by atoms with Crippen LogP contribution in [-0.2, 0) is 0 Å². The summed E-state index contributed by atoms with van der Waals surface area (Å²) in [4.78, 5) is 15.0. The molecule has 2 N–H and O–H groups in total. The van der Waals surface area contributed by atoms with Crippen LogP contribution in [0.5, 0.6) is 0 Å². The van der Waals surface area contributed by atoms with Gasteiger partial charge in [-0.05, 0) is 44.7 Å². The minimum Gasteiger partial charge on any atom is -0.388 e. The summed E-state index contributed by atoms with van der Waals surface area (Å²) in [5, 5.41) is 13.4. The Morgan fingerprint density at radius 3 is 2.65 bits per heavy atom. The Labute approximate surface area is 139 Å². The summed E-state index contributed by atoms with van der Waals surface area (Å²) >= 11 is 0. The average molecular weight is 318 g/mol. The van der Waals surface area contributed by atoms with E-state index in [0.717, 1.165) is 30.8 Å². The van der Waals surface area contributed by atoms with E-state index in [0.29, 0.717) is 5.56 Å². The highest BCUT2D eigenvalue weighted by Gasteiger charge is 2.28. The fourth-order valence-corrected chi connectivity index (χ4v) is 3.03. The number of nitrogens with one attached hydrogen (secondary N) is 1. The first-order valence-corrected chi connectivity index (χ1v) is 8.71. The molecule has 1 aliphatic heterocycles. The maximum atomic E-state index is 12.7. The van der Waals surface area contributed by atoms with Gasteiger partial charge in [-0.25, -0.2) is 0 Å². The molecule has 1 amide bonds. The zero-order valence-corrected chi connectivity index (χ0v) is 14.9. The van der Waals surface area contributed by atoms with Gasteiger partial charge in [0.1, 0.15) is 0 Å². The van der Waals surface area contributed by atoms with Crippen LogP contribution >= 0.6 is 0 Å². The van der Waals surface area contributed by atoms with E-state index in [9.17, 15) is 9.90 Å². The SMILES string of the molecule is CCC(C)C(C)(O)CNC(=O)c1cc(C)ccc1N1CCCC1. The first-order valence-electron chi connectivity index (χ1n) is 8.71. The fourth-order valence-electron chi connectivity index (χ4n) is 3.03. The Bertz CT molecular complexity index is 548. The molecule has 1 saturated heterocycles. The highest BCUT2D eigenvalue weighted by atomic mass is 16.3. The predicted octanol–water partition coefficient (Wildman–Crippen LogP) is 3.12. The molecule has 128 valence electrons. The van der Waals surface area contributed by atoms with Crippen molar-refractivity contribution >= 4 is 11.6 Å². The minimum absolute atomic E-state index is 0.0980. The van der Waals surface area contributed by atoms with Crippen LogP contribution in [0.3, 0.4) is 0 Å². The van der Waals surface area contributed by atoms with E-state index in [1.165, 1.54) is 12.8 Å². The third-order valence-electron chi connectivity index (χ3n) is 5.12. The van der Waals surface area contributed by atoms with Gasteiger partial charge in [0.2, 0.25) is 0 Å². The molecule has 0 aromatic heterocycles. The topological polar surface area (TPSA) is 52.6 Å². The molecule has 2 rings (SSSR count). The Balaban J connectivity index is 2.14. The number of benzene rings is 1.